The molecule has 6 nitrogen and oxygen atoms in total. The highest BCUT2D eigenvalue weighted by atomic mass is 32.2. The number of aromatic hydroxyl groups is 1. The lowest BCUT2D eigenvalue weighted by Gasteiger charge is -2.27. The number of benzene rings is 2. The summed E-state index contributed by atoms with van der Waals surface area (Å²) in [6.45, 7) is 2.39. The number of carbonyl (C=O) groups excluding carboxylic acids is 2. The number of ether oxygens (including phenoxy) is 1. The van der Waals surface area contributed by atoms with E-state index in [0.717, 1.165) is 16.1 Å². The van der Waals surface area contributed by atoms with Gasteiger partial charge in [-0.25, -0.2) is 0 Å². The lowest BCUT2D eigenvalue weighted by molar-refractivity contribution is -0.152. The first kappa shape index (κ1) is 19.3. The van der Waals surface area contributed by atoms with Gasteiger partial charge in [-0.2, -0.15) is 0 Å². The Morgan fingerprint density at radius 2 is 1.93 bits per heavy atom. The molecule has 0 aromatic heterocycles. The number of carbonyl (C=O) groups is 2. The second kappa shape index (κ2) is 8.45. The monoisotopic (exact) mass is 386 g/mol. The molecule has 1 amide bonds. The first-order valence-corrected chi connectivity index (χ1v) is 9.57. The first-order valence-electron chi connectivity index (χ1n) is 8.69. The van der Waals surface area contributed by atoms with Crippen LogP contribution in [0.5, 0.6) is 5.75 Å². The number of likely N-dealkylation sites (N-methyl/N-ethyl adjacent to an activating group) is 1. The number of nitrogens with one attached hydrogen (secondary N) is 1. The standard InChI is InChI=1S/C20H22N2O4S/c1-13(23)26-18-19(14-7-9-15(24)10-8-14)27-17-6-4-3-5-16(17)22(20(18)25)12-11-21-2/h3-10,18-19,21,24H,11-12H2,1-2H3/t18-,19+/m1/s1. The van der Waals surface area contributed by atoms with E-state index in [1.165, 1.54) is 18.7 Å². The van der Waals surface area contributed by atoms with Crippen molar-refractivity contribution in [2.75, 3.05) is 25.0 Å². The summed E-state index contributed by atoms with van der Waals surface area (Å²) < 4.78 is 5.49. The molecule has 1 aliphatic heterocycles. The summed E-state index contributed by atoms with van der Waals surface area (Å²) in [5.74, 6) is -0.614. The molecule has 0 radical (unpaired) electrons. The fourth-order valence-corrected chi connectivity index (χ4v) is 4.35. The van der Waals surface area contributed by atoms with Crippen LogP contribution in [0.25, 0.3) is 0 Å². The maximum atomic E-state index is 13.4. The van der Waals surface area contributed by atoms with E-state index < -0.39 is 17.3 Å². The number of amides is 1. The highest BCUT2D eigenvalue weighted by Crippen LogP contribution is 2.46. The van der Waals surface area contributed by atoms with Crippen LogP contribution in [0, 0.1) is 0 Å². The second-order valence-electron chi connectivity index (χ2n) is 6.22. The molecular formula is C20H22N2O4S. The van der Waals surface area contributed by atoms with Crippen molar-refractivity contribution < 1.29 is 19.4 Å². The predicted molar refractivity (Wildman–Crippen MR) is 105 cm³/mol. The van der Waals surface area contributed by atoms with E-state index in [1.54, 1.807) is 29.2 Å². The van der Waals surface area contributed by atoms with Crippen LogP contribution in [0.15, 0.2) is 53.4 Å². The molecule has 2 aromatic rings. The number of phenolic OH excluding ortho intramolecular Hbond substituents is 1. The van der Waals surface area contributed by atoms with Gasteiger partial charge in [0.1, 0.15) is 5.75 Å². The lowest BCUT2D eigenvalue weighted by Crippen LogP contribution is -2.45. The normalized spacial score (nSPS) is 19.3. The van der Waals surface area contributed by atoms with Gasteiger partial charge in [0.05, 0.1) is 10.9 Å². The number of hydrogen-bond acceptors (Lipinski definition) is 6. The molecule has 0 bridgehead atoms. The van der Waals surface area contributed by atoms with Crippen molar-refractivity contribution in [2.24, 2.45) is 0 Å². The number of hydrogen-bond donors (Lipinski definition) is 2. The van der Waals surface area contributed by atoms with Crippen molar-refractivity contribution in [3.05, 3.63) is 54.1 Å². The summed E-state index contributed by atoms with van der Waals surface area (Å²) in [6.07, 6.45) is -0.957. The number of para-hydroxylation sites is 1. The molecule has 142 valence electrons. The van der Waals surface area contributed by atoms with E-state index in [1.807, 2.05) is 31.3 Å². The van der Waals surface area contributed by atoms with E-state index in [9.17, 15) is 14.7 Å². The molecule has 7 heteroatoms. The van der Waals surface area contributed by atoms with Gasteiger partial charge in [-0.05, 0) is 36.9 Å². The largest absolute Gasteiger partial charge is 0.508 e. The van der Waals surface area contributed by atoms with Gasteiger partial charge in [-0.3, -0.25) is 9.59 Å². The zero-order chi connectivity index (χ0) is 19.4. The third-order valence-electron chi connectivity index (χ3n) is 4.29. The van der Waals surface area contributed by atoms with Crippen LogP contribution in [0.2, 0.25) is 0 Å². The molecule has 1 aliphatic rings. The summed E-state index contributed by atoms with van der Waals surface area (Å²) in [7, 11) is 1.83. The molecule has 0 unspecified atom stereocenters. The maximum absolute atomic E-state index is 13.4. The topological polar surface area (TPSA) is 78.9 Å². The molecule has 0 fully saturated rings. The Kier molecular flexibility index (Phi) is 6.03. The average Bonchev–Trinajstić information content (AvgIpc) is 2.76. The molecule has 3 rings (SSSR count). The summed E-state index contributed by atoms with van der Waals surface area (Å²) in [6, 6.07) is 14.3. The van der Waals surface area contributed by atoms with Gasteiger partial charge in [0, 0.05) is 24.9 Å². The number of fused-ring (bicyclic) bond motifs is 1. The van der Waals surface area contributed by atoms with Gasteiger partial charge in [-0.1, -0.05) is 24.3 Å². The van der Waals surface area contributed by atoms with Crippen LogP contribution in [0.3, 0.4) is 0 Å². The third kappa shape index (κ3) is 4.26. The van der Waals surface area contributed by atoms with Crippen molar-refractivity contribution in [2.45, 2.75) is 23.2 Å². The van der Waals surface area contributed by atoms with Gasteiger partial charge < -0.3 is 20.1 Å². The first-order chi connectivity index (χ1) is 13.0. The van der Waals surface area contributed by atoms with E-state index >= 15 is 0 Å². The Morgan fingerprint density at radius 1 is 1.22 bits per heavy atom. The summed E-state index contributed by atoms with van der Waals surface area (Å²) in [5.41, 5.74) is 1.61. The fourth-order valence-electron chi connectivity index (χ4n) is 3.03. The molecule has 2 N–H and O–H groups in total. The minimum absolute atomic E-state index is 0.142. The van der Waals surface area contributed by atoms with Crippen molar-refractivity contribution in [1.82, 2.24) is 5.32 Å². The zero-order valence-corrected chi connectivity index (χ0v) is 16.0. The van der Waals surface area contributed by atoms with Gasteiger partial charge in [0.2, 0.25) is 0 Å². The lowest BCUT2D eigenvalue weighted by atomic mass is 10.1. The van der Waals surface area contributed by atoms with E-state index in [0.29, 0.717) is 13.1 Å². The van der Waals surface area contributed by atoms with Gasteiger partial charge in [0.15, 0.2) is 6.10 Å². The minimum atomic E-state index is -0.957. The van der Waals surface area contributed by atoms with Crippen LogP contribution < -0.4 is 10.2 Å². The molecule has 1 heterocycles. The number of anilines is 1. The Balaban J connectivity index is 2.08. The summed E-state index contributed by atoms with van der Waals surface area (Å²) in [5, 5.41) is 12.2. The quantitative estimate of drug-likeness (QED) is 0.770. The van der Waals surface area contributed by atoms with Crippen molar-refractivity contribution >= 4 is 29.3 Å². The highest BCUT2D eigenvalue weighted by Gasteiger charge is 2.40. The molecule has 0 saturated carbocycles. The Bertz CT molecular complexity index is 825. The zero-order valence-electron chi connectivity index (χ0n) is 15.2. The number of nitrogens with zero attached hydrogens (tertiary/aromatic N) is 1. The number of thioether (sulfide) groups is 1. The SMILES string of the molecule is CNCCN1C(=O)[C@H](OC(C)=O)[C@H](c2ccc(O)cc2)Sc2ccccc21. The molecule has 0 saturated heterocycles. The number of rotatable bonds is 5. The van der Waals surface area contributed by atoms with E-state index in [4.69, 9.17) is 4.74 Å². The highest BCUT2D eigenvalue weighted by molar-refractivity contribution is 7.99. The van der Waals surface area contributed by atoms with Crippen molar-refractivity contribution in [1.29, 1.82) is 0 Å². The van der Waals surface area contributed by atoms with Crippen LogP contribution in [0.1, 0.15) is 17.7 Å². The summed E-state index contributed by atoms with van der Waals surface area (Å²) >= 11 is 1.49. The van der Waals surface area contributed by atoms with Crippen LogP contribution in [-0.4, -0.2) is 43.2 Å². The van der Waals surface area contributed by atoms with Gasteiger partial charge in [-0.15, -0.1) is 11.8 Å². The predicted octanol–water partition coefficient (Wildman–Crippen LogP) is 2.72. The molecule has 27 heavy (non-hydrogen) atoms. The Labute approximate surface area is 162 Å². The number of phenols is 1. The molecular weight excluding hydrogens is 364 g/mol. The smallest absolute Gasteiger partial charge is 0.303 e. The van der Waals surface area contributed by atoms with Gasteiger partial charge in [0.25, 0.3) is 5.91 Å². The van der Waals surface area contributed by atoms with Crippen LogP contribution in [0.4, 0.5) is 5.69 Å². The second-order valence-corrected chi connectivity index (χ2v) is 7.40. The summed E-state index contributed by atoms with van der Waals surface area (Å²) in [4.78, 5) is 27.7. The minimum Gasteiger partial charge on any atom is -0.508 e. The fraction of sp³-hybridized carbons (Fsp3) is 0.300. The molecule has 2 atom stereocenters. The van der Waals surface area contributed by atoms with Crippen molar-refractivity contribution in [3.8, 4) is 5.75 Å². The van der Waals surface area contributed by atoms with Gasteiger partial charge >= 0.3 is 5.97 Å². The number of esters is 1. The Morgan fingerprint density at radius 3 is 2.59 bits per heavy atom. The molecule has 2 aromatic carbocycles. The third-order valence-corrected chi connectivity index (χ3v) is 5.67. The average molecular weight is 386 g/mol. The van der Waals surface area contributed by atoms with E-state index in [-0.39, 0.29) is 11.7 Å². The van der Waals surface area contributed by atoms with Crippen LogP contribution in [-0.2, 0) is 14.3 Å². The molecule has 0 aliphatic carbocycles. The van der Waals surface area contributed by atoms with Crippen molar-refractivity contribution in [3.63, 3.8) is 0 Å². The van der Waals surface area contributed by atoms with E-state index in [2.05, 4.69) is 5.32 Å². The Hall–Kier alpha value is -2.51. The maximum Gasteiger partial charge on any atom is 0.303 e. The van der Waals surface area contributed by atoms with Crippen LogP contribution >= 0.6 is 11.8 Å². The molecule has 0 spiro atoms.